The van der Waals surface area contributed by atoms with Crippen LogP contribution in [0.5, 0.6) is 0 Å². The van der Waals surface area contributed by atoms with Crippen LogP contribution < -0.4 is 0 Å². The molecule has 1 rings (SSSR count). The molecular weight excluding hydrogens is 206 g/mol. The molecule has 1 aliphatic heterocycles. The molecule has 0 saturated carbocycles. The number of ether oxygens (including phenoxy) is 1. The molecule has 0 amide bonds. The van der Waals surface area contributed by atoms with Gasteiger partial charge in [0.05, 0.1) is 12.2 Å². The molecule has 0 radical (unpaired) electrons. The van der Waals surface area contributed by atoms with Gasteiger partial charge in [-0.2, -0.15) is 12.6 Å². The monoisotopic (exact) mass is 231 g/mol. The van der Waals surface area contributed by atoms with E-state index in [4.69, 9.17) is 4.74 Å². The number of morpholine rings is 1. The number of thiol groups is 1. The van der Waals surface area contributed by atoms with Crippen LogP contribution in [0.4, 0.5) is 0 Å². The van der Waals surface area contributed by atoms with Gasteiger partial charge in [0.2, 0.25) is 0 Å². The molecule has 1 aliphatic rings. The third-order valence-corrected chi connectivity index (χ3v) is 3.19. The molecule has 0 aromatic carbocycles. The number of nitrogens with zero attached hydrogens (tertiary/aromatic N) is 1. The van der Waals surface area contributed by atoms with Crippen molar-refractivity contribution in [3.8, 4) is 0 Å². The number of hydrogen-bond acceptors (Lipinski definition) is 3. The van der Waals surface area contributed by atoms with Crippen LogP contribution in [0.1, 0.15) is 39.5 Å². The van der Waals surface area contributed by atoms with E-state index in [2.05, 4.69) is 31.4 Å². The minimum absolute atomic E-state index is 0.409. The topological polar surface area (TPSA) is 12.5 Å². The van der Waals surface area contributed by atoms with Gasteiger partial charge in [-0.1, -0.05) is 12.8 Å². The smallest absolute Gasteiger partial charge is 0.0678 e. The Bertz CT molecular complexity index is 156. The standard InChI is InChI=1S/C12H25NOS/c1-11-9-13(10-12(2)14-11)7-5-3-4-6-8-15/h11-12,15H,3-10H2,1-2H3/t11-,12+. The van der Waals surface area contributed by atoms with Crippen molar-refractivity contribution in [2.75, 3.05) is 25.4 Å². The van der Waals surface area contributed by atoms with Gasteiger partial charge in [0.25, 0.3) is 0 Å². The molecule has 2 nitrogen and oxygen atoms in total. The first-order chi connectivity index (χ1) is 7.22. The van der Waals surface area contributed by atoms with E-state index < -0.39 is 0 Å². The summed E-state index contributed by atoms with van der Waals surface area (Å²) in [4.78, 5) is 2.54. The molecule has 1 fully saturated rings. The van der Waals surface area contributed by atoms with Gasteiger partial charge in [0.15, 0.2) is 0 Å². The molecule has 0 spiro atoms. The highest BCUT2D eigenvalue weighted by molar-refractivity contribution is 7.80. The second-order valence-electron chi connectivity index (χ2n) is 4.65. The van der Waals surface area contributed by atoms with Crippen LogP contribution in [-0.4, -0.2) is 42.5 Å². The SMILES string of the molecule is C[C@@H]1CN(CCCCCCS)C[C@H](C)O1. The van der Waals surface area contributed by atoms with Crippen LogP contribution in [0.15, 0.2) is 0 Å². The number of rotatable bonds is 6. The summed E-state index contributed by atoms with van der Waals surface area (Å²) in [6, 6.07) is 0. The van der Waals surface area contributed by atoms with Crippen molar-refractivity contribution in [1.82, 2.24) is 4.90 Å². The van der Waals surface area contributed by atoms with Crippen LogP contribution >= 0.6 is 12.6 Å². The van der Waals surface area contributed by atoms with Crippen LogP contribution in [0.3, 0.4) is 0 Å². The van der Waals surface area contributed by atoms with Crippen LogP contribution in [-0.2, 0) is 4.74 Å². The molecule has 1 heterocycles. The number of hydrogen-bond donors (Lipinski definition) is 1. The van der Waals surface area contributed by atoms with E-state index in [0.717, 1.165) is 18.8 Å². The van der Waals surface area contributed by atoms with Gasteiger partial charge >= 0.3 is 0 Å². The molecule has 1 saturated heterocycles. The van der Waals surface area contributed by atoms with Crippen LogP contribution in [0.25, 0.3) is 0 Å². The van der Waals surface area contributed by atoms with E-state index in [0.29, 0.717) is 12.2 Å². The van der Waals surface area contributed by atoms with E-state index in [1.54, 1.807) is 0 Å². The second-order valence-corrected chi connectivity index (χ2v) is 5.10. The first-order valence-corrected chi connectivity index (χ1v) is 6.84. The maximum Gasteiger partial charge on any atom is 0.0678 e. The fourth-order valence-corrected chi connectivity index (χ4v) is 2.49. The largest absolute Gasteiger partial charge is 0.373 e. The highest BCUT2D eigenvalue weighted by Gasteiger charge is 2.21. The fourth-order valence-electron chi connectivity index (χ4n) is 2.27. The van der Waals surface area contributed by atoms with Crippen molar-refractivity contribution in [3.05, 3.63) is 0 Å². The molecule has 2 atom stereocenters. The Morgan fingerprint density at radius 1 is 1.07 bits per heavy atom. The molecule has 15 heavy (non-hydrogen) atoms. The molecule has 0 unspecified atom stereocenters. The van der Waals surface area contributed by atoms with Gasteiger partial charge in [-0.05, 0) is 39.0 Å². The Labute approximate surface area is 99.8 Å². The van der Waals surface area contributed by atoms with E-state index in [1.807, 2.05) is 0 Å². The van der Waals surface area contributed by atoms with Gasteiger partial charge in [-0.15, -0.1) is 0 Å². The maximum atomic E-state index is 5.71. The van der Waals surface area contributed by atoms with Crippen LogP contribution in [0.2, 0.25) is 0 Å². The molecule has 0 aromatic rings. The van der Waals surface area contributed by atoms with Gasteiger partial charge in [-0.25, -0.2) is 0 Å². The predicted octanol–water partition coefficient (Wildman–Crippen LogP) is 2.59. The minimum atomic E-state index is 0.409. The van der Waals surface area contributed by atoms with E-state index in [-0.39, 0.29) is 0 Å². The molecule has 0 aromatic heterocycles. The summed E-state index contributed by atoms with van der Waals surface area (Å²) in [7, 11) is 0. The van der Waals surface area contributed by atoms with E-state index in [1.165, 1.54) is 32.2 Å². The highest BCUT2D eigenvalue weighted by Crippen LogP contribution is 2.12. The first kappa shape index (κ1) is 13.3. The Morgan fingerprint density at radius 3 is 2.27 bits per heavy atom. The van der Waals surface area contributed by atoms with Crippen molar-refractivity contribution in [3.63, 3.8) is 0 Å². The molecular formula is C12H25NOS. The van der Waals surface area contributed by atoms with Gasteiger partial charge in [0, 0.05) is 13.1 Å². The zero-order valence-corrected chi connectivity index (χ0v) is 11.0. The van der Waals surface area contributed by atoms with Crippen molar-refractivity contribution in [1.29, 1.82) is 0 Å². The predicted molar refractivity (Wildman–Crippen MR) is 68.8 cm³/mol. The van der Waals surface area contributed by atoms with Crippen LogP contribution in [0, 0.1) is 0 Å². The average Bonchev–Trinajstić information content (AvgIpc) is 2.16. The lowest BCUT2D eigenvalue weighted by Crippen LogP contribution is -2.45. The molecule has 90 valence electrons. The summed E-state index contributed by atoms with van der Waals surface area (Å²) in [6.45, 7) is 7.80. The van der Waals surface area contributed by atoms with E-state index in [9.17, 15) is 0 Å². The molecule has 3 heteroatoms. The normalized spacial score (nSPS) is 28.2. The fraction of sp³-hybridized carbons (Fsp3) is 1.00. The Morgan fingerprint density at radius 2 is 1.67 bits per heavy atom. The quantitative estimate of drug-likeness (QED) is 0.557. The average molecular weight is 231 g/mol. The lowest BCUT2D eigenvalue weighted by Gasteiger charge is -2.35. The Hall–Kier alpha value is 0.270. The van der Waals surface area contributed by atoms with Crippen molar-refractivity contribution < 1.29 is 4.74 Å². The molecule has 0 aliphatic carbocycles. The summed E-state index contributed by atoms with van der Waals surface area (Å²) < 4.78 is 5.71. The van der Waals surface area contributed by atoms with Gasteiger partial charge in [-0.3, -0.25) is 4.90 Å². The van der Waals surface area contributed by atoms with Crippen molar-refractivity contribution >= 4 is 12.6 Å². The summed E-state index contributed by atoms with van der Waals surface area (Å²) in [5.41, 5.74) is 0. The summed E-state index contributed by atoms with van der Waals surface area (Å²) >= 11 is 4.22. The third kappa shape index (κ3) is 5.79. The first-order valence-electron chi connectivity index (χ1n) is 6.21. The molecule has 0 N–H and O–H groups in total. The van der Waals surface area contributed by atoms with Gasteiger partial charge < -0.3 is 4.74 Å². The Kier molecular flexibility index (Phi) is 6.69. The maximum absolute atomic E-state index is 5.71. The summed E-state index contributed by atoms with van der Waals surface area (Å²) in [6.07, 6.45) is 6.09. The second kappa shape index (κ2) is 7.53. The third-order valence-electron chi connectivity index (χ3n) is 2.88. The van der Waals surface area contributed by atoms with Crippen molar-refractivity contribution in [2.45, 2.75) is 51.7 Å². The number of unbranched alkanes of at least 4 members (excludes halogenated alkanes) is 3. The lowest BCUT2D eigenvalue weighted by atomic mass is 10.1. The lowest BCUT2D eigenvalue weighted by molar-refractivity contribution is -0.0681. The highest BCUT2D eigenvalue weighted by atomic mass is 32.1. The Balaban J connectivity index is 2.04. The molecule has 0 bridgehead atoms. The van der Waals surface area contributed by atoms with Crippen molar-refractivity contribution in [2.24, 2.45) is 0 Å². The minimum Gasteiger partial charge on any atom is -0.373 e. The summed E-state index contributed by atoms with van der Waals surface area (Å²) in [5.74, 6) is 1.03. The summed E-state index contributed by atoms with van der Waals surface area (Å²) in [5, 5.41) is 0. The zero-order valence-electron chi connectivity index (χ0n) is 10.1. The zero-order chi connectivity index (χ0) is 11.1. The van der Waals surface area contributed by atoms with E-state index >= 15 is 0 Å². The van der Waals surface area contributed by atoms with Gasteiger partial charge in [0.1, 0.15) is 0 Å².